The van der Waals surface area contributed by atoms with Gasteiger partial charge in [-0.25, -0.2) is 9.18 Å². The molecule has 1 saturated carbocycles. The van der Waals surface area contributed by atoms with Crippen LogP contribution in [-0.4, -0.2) is 41.1 Å². The van der Waals surface area contributed by atoms with Crippen molar-refractivity contribution in [3.8, 4) is 0 Å². The van der Waals surface area contributed by atoms with Gasteiger partial charge in [-0.2, -0.15) is 4.98 Å². The fourth-order valence-electron chi connectivity index (χ4n) is 4.29. The van der Waals surface area contributed by atoms with Crippen molar-refractivity contribution in [3.63, 3.8) is 0 Å². The number of carbonyl (C=O) groups is 1. The Morgan fingerprint density at radius 3 is 2.61 bits per heavy atom. The minimum Gasteiger partial charge on any atom is -0.392 e. The van der Waals surface area contributed by atoms with Gasteiger partial charge in [0.25, 0.3) is 0 Å². The van der Waals surface area contributed by atoms with Crippen molar-refractivity contribution >= 4 is 23.4 Å². The molecule has 1 aliphatic heterocycles. The zero-order valence-electron chi connectivity index (χ0n) is 19.1. The lowest BCUT2D eigenvalue weighted by Crippen LogP contribution is -2.36. The molecule has 1 aliphatic carbocycles. The Morgan fingerprint density at radius 1 is 1.27 bits per heavy atom. The summed E-state index contributed by atoms with van der Waals surface area (Å²) < 4.78 is 19.6. The SMILES string of the molecule is CC(C)c1noc(N2CCC(ON=C3CCC(c4ccc(NC(N)=O)c(F)c4)CC3)CC2)n1. The van der Waals surface area contributed by atoms with Crippen molar-refractivity contribution < 1.29 is 18.5 Å². The van der Waals surface area contributed by atoms with E-state index in [0.717, 1.165) is 68.7 Å². The quantitative estimate of drug-likeness (QED) is 0.614. The molecule has 1 saturated heterocycles. The van der Waals surface area contributed by atoms with Gasteiger partial charge in [-0.15, -0.1) is 0 Å². The van der Waals surface area contributed by atoms with Crippen molar-refractivity contribution in [2.24, 2.45) is 10.9 Å². The number of urea groups is 1. The predicted octanol–water partition coefficient (Wildman–Crippen LogP) is 4.52. The van der Waals surface area contributed by atoms with Crippen LogP contribution in [0.2, 0.25) is 0 Å². The summed E-state index contributed by atoms with van der Waals surface area (Å²) in [5.74, 6) is 0.758. The van der Waals surface area contributed by atoms with Crippen LogP contribution in [0, 0.1) is 5.82 Å². The molecule has 9 nitrogen and oxygen atoms in total. The van der Waals surface area contributed by atoms with E-state index in [2.05, 4.69) is 25.5 Å². The number of nitrogens with one attached hydrogen (secondary N) is 1. The molecule has 1 aromatic carbocycles. The summed E-state index contributed by atoms with van der Waals surface area (Å²) in [6.45, 7) is 5.67. The minimum atomic E-state index is -0.777. The monoisotopic (exact) mass is 458 g/mol. The third-order valence-corrected chi connectivity index (χ3v) is 6.28. The Labute approximate surface area is 192 Å². The van der Waals surface area contributed by atoms with Crippen molar-refractivity contribution in [3.05, 3.63) is 35.4 Å². The molecule has 0 atom stereocenters. The van der Waals surface area contributed by atoms with Gasteiger partial charge in [0.05, 0.1) is 11.4 Å². The number of nitrogens with zero attached hydrogens (tertiary/aromatic N) is 4. The Kier molecular flexibility index (Phi) is 7.10. The highest BCUT2D eigenvalue weighted by atomic mass is 19.1. The second-order valence-electron chi connectivity index (χ2n) is 9.04. The standard InChI is InChI=1S/C23H31FN6O3/c1-14(2)21-27-23(33-29-21)30-11-9-18(10-12-30)32-28-17-6-3-15(4-7-17)16-5-8-20(19(24)13-16)26-22(25)31/h5,8,13-15,18H,3-4,6-7,9-12H2,1-2H3,(H3,25,26,31). The average Bonchev–Trinajstić information content (AvgIpc) is 3.30. The number of hydrogen-bond acceptors (Lipinski definition) is 7. The number of aromatic nitrogens is 2. The second kappa shape index (κ2) is 10.2. The first-order chi connectivity index (χ1) is 15.9. The Bertz CT molecular complexity index is 990. The van der Waals surface area contributed by atoms with Crippen LogP contribution >= 0.6 is 0 Å². The molecule has 0 spiro atoms. The lowest BCUT2D eigenvalue weighted by Gasteiger charge is -2.29. The van der Waals surface area contributed by atoms with Crippen molar-refractivity contribution in [1.82, 2.24) is 10.1 Å². The third-order valence-electron chi connectivity index (χ3n) is 6.28. The summed E-state index contributed by atoms with van der Waals surface area (Å²) >= 11 is 0. The number of anilines is 2. The zero-order chi connectivity index (χ0) is 23.4. The Morgan fingerprint density at radius 2 is 2.00 bits per heavy atom. The van der Waals surface area contributed by atoms with E-state index in [0.29, 0.717) is 6.01 Å². The topological polar surface area (TPSA) is 119 Å². The van der Waals surface area contributed by atoms with Gasteiger partial charge in [0.15, 0.2) is 5.82 Å². The van der Waals surface area contributed by atoms with Crippen LogP contribution in [0.15, 0.2) is 27.9 Å². The maximum absolute atomic E-state index is 14.2. The first-order valence-electron chi connectivity index (χ1n) is 11.5. The number of rotatable bonds is 6. The van der Waals surface area contributed by atoms with Gasteiger partial charge in [-0.3, -0.25) is 0 Å². The molecule has 10 heteroatoms. The fourth-order valence-corrected chi connectivity index (χ4v) is 4.29. The van der Waals surface area contributed by atoms with Crippen LogP contribution in [0.5, 0.6) is 0 Å². The number of amides is 2. The molecule has 2 aromatic rings. The molecule has 1 aromatic heterocycles. The summed E-state index contributed by atoms with van der Waals surface area (Å²) in [4.78, 5) is 23.3. The molecule has 0 bridgehead atoms. The number of piperidine rings is 1. The van der Waals surface area contributed by atoms with Crippen LogP contribution in [0.25, 0.3) is 0 Å². The van der Waals surface area contributed by atoms with Crippen molar-refractivity contribution in [1.29, 1.82) is 0 Å². The summed E-state index contributed by atoms with van der Waals surface area (Å²) in [6.07, 6.45) is 5.21. The molecule has 4 rings (SSSR count). The van der Waals surface area contributed by atoms with E-state index in [1.165, 1.54) is 6.07 Å². The summed E-state index contributed by atoms with van der Waals surface area (Å²) in [5, 5.41) is 10.8. The highest BCUT2D eigenvalue weighted by Crippen LogP contribution is 2.33. The van der Waals surface area contributed by atoms with E-state index >= 15 is 0 Å². The Hall–Kier alpha value is -3.17. The number of hydrogen-bond donors (Lipinski definition) is 2. The van der Waals surface area contributed by atoms with Crippen LogP contribution in [-0.2, 0) is 4.84 Å². The largest absolute Gasteiger partial charge is 0.392 e. The van der Waals surface area contributed by atoms with Crippen molar-refractivity contribution in [2.75, 3.05) is 23.3 Å². The molecule has 2 fully saturated rings. The lowest BCUT2D eigenvalue weighted by molar-refractivity contribution is 0.0401. The fraction of sp³-hybridized carbons (Fsp3) is 0.565. The number of primary amides is 1. The van der Waals surface area contributed by atoms with Gasteiger partial charge >= 0.3 is 12.0 Å². The molecule has 2 heterocycles. The normalized spacial score (nSPS) is 19.6. The lowest BCUT2D eigenvalue weighted by atomic mass is 9.83. The third kappa shape index (κ3) is 5.80. The Balaban J connectivity index is 1.23. The molecule has 3 N–H and O–H groups in total. The molecule has 2 aliphatic rings. The van der Waals surface area contributed by atoms with Crippen LogP contribution < -0.4 is 16.0 Å². The number of halogens is 1. The van der Waals surface area contributed by atoms with Crippen LogP contribution in [0.1, 0.15) is 75.6 Å². The summed E-state index contributed by atoms with van der Waals surface area (Å²) in [5.41, 5.74) is 7.15. The summed E-state index contributed by atoms with van der Waals surface area (Å²) in [6, 6.07) is 4.69. The smallest absolute Gasteiger partial charge is 0.324 e. The maximum atomic E-state index is 14.2. The van der Waals surface area contributed by atoms with E-state index in [1.54, 1.807) is 6.07 Å². The zero-order valence-corrected chi connectivity index (χ0v) is 19.1. The minimum absolute atomic E-state index is 0.0818. The average molecular weight is 459 g/mol. The van der Waals surface area contributed by atoms with Gasteiger partial charge in [0.1, 0.15) is 11.9 Å². The molecule has 0 radical (unpaired) electrons. The van der Waals surface area contributed by atoms with Crippen LogP contribution in [0.3, 0.4) is 0 Å². The van der Waals surface area contributed by atoms with Crippen molar-refractivity contribution in [2.45, 2.75) is 70.3 Å². The van der Waals surface area contributed by atoms with Gasteiger partial charge in [-0.1, -0.05) is 30.2 Å². The number of nitrogens with two attached hydrogens (primary N) is 1. The van der Waals surface area contributed by atoms with E-state index in [4.69, 9.17) is 15.1 Å². The first-order valence-corrected chi connectivity index (χ1v) is 11.5. The summed E-state index contributed by atoms with van der Waals surface area (Å²) in [7, 11) is 0. The predicted molar refractivity (Wildman–Crippen MR) is 123 cm³/mol. The van der Waals surface area contributed by atoms with E-state index in [1.807, 2.05) is 19.9 Å². The van der Waals surface area contributed by atoms with E-state index < -0.39 is 11.8 Å². The first kappa shape index (κ1) is 23.0. The second-order valence-corrected chi connectivity index (χ2v) is 9.04. The molecule has 0 unspecified atom stereocenters. The van der Waals surface area contributed by atoms with Crippen LogP contribution in [0.4, 0.5) is 20.9 Å². The number of carbonyl (C=O) groups excluding carboxylic acids is 1. The van der Waals surface area contributed by atoms with Gasteiger partial charge in [0, 0.05) is 31.8 Å². The van der Waals surface area contributed by atoms with E-state index in [9.17, 15) is 9.18 Å². The molecule has 178 valence electrons. The van der Waals surface area contributed by atoms with Gasteiger partial charge < -0.3 is 25.3 Å². The maximum Gasteiger partial charge on any atom is 0.324 e. The molecule has 2 amide bonds. The van der Waals surface area contributed by atoms with E-state index in [-0.39, 0.29) is 23.6 Å². The number of oxime groups is 1. The highest BCUT2D eigenvalue weighted by Gasteiger charge is 2.26. The molecular formula is C23H31FN6O3. The molecule has 33 heavy (non-hydrogen) atoms. The van der Waals surface area contributed by atoms with Gasteiger partial charge in [-0.05, 0) is 49.3 Å². The highest BCUT2D eigenvalue weighted by molar-refractivity contribution is 5.88. The molecular weight excluding hydrogens is 427 g/mol. The number of benzene rings is 1. The van der Waals surface area contributed by atoms with Gasteiger partial charge in [0.2, 0.25) is 0 Å².